The van der Waals surface area contributed by atoms with Crippen molar-refractivity contribution < 1.29 is 13.5 Å². The van der Waals surface area contributed by atoms with Crippen LogP contribution in [0.1, 0.15) is 24.1 Å². The number of hydrogen-bond acceptors (Lipinski definition) is 4. The van der Waals surface area contributed by atoms with Crippen LogP contribution in [0.2, 0.25) is 10.0 Å². The Hall–Kier alpha value is -2.08. The number of halogens is 3. The largest absolute Gasteiger partial charge is 0.497 e. The first-order valence-electron chi connectivity index (χ1n) is 7.87. The van der Waals surface area contributed by atoms with Crippen LogP contribution in [0.25, 0.3) is 11.0 Å². The minimum absolute atomic E-state index is 0.0217. The Labute approximate surface area is 159 Å². The molecule has 0 saturated heterocycles. The minimum Gasteiger partial charge on any atom is -0.497 e. The van der Waals surface area contributed by atoms with Gasteiger partial charge in [0.2, 0.25) is 0 Å². The normalized spacial score (nSPS) is 12.3. The molecule has 2 aromatic carbocycles. The number of methoxy groups -OCH3 is 1. The van der Waals surface area contributed by atoms with E-state index < -0.39 is 11.4 Å². The zero-order chi connectivity index (χ0) is 18.8. The van der Waals surface area contributed by atoms with E-state index in [0.29, 0.717) is 28.5 Å². The molecule has 3 rings (SSSR count). The van der Waals surface area contributed by atoms with E-state index in [0.717, 1.165) is 10.9 Å². The lowest BCUT2D eigenvalue weighted by atomic mass is 10.1. The Morgan fingerprint density at radius 1 is 1.19 bits per heavy atom. The van der Waals surface area contributed by atoms with Crippen LogP contribution in [0.4, 0.5) is 4.39 Å². The van der Waals surface area contributed by atoms with Crippen molar-refractivity contribution in [3.05, 3.63) is 73.8 Å². The monoisotopic (exact) mass is 395 g/mol. The average Bonchev–Trinajstić information content (AvgIpc) is 2.61. The molecule has 26 heavy (non-hydrogen) atoms. The quantitative estimate of drug-likeness (QED) is 0.482. The molecule has 0 radical (unpaired) electrons. The van der Waals surface area contributed by atoms with Crippen LogP contribution < -0.4 is 15.7 Å². The predicted molar refractivity (Wildman–Crippen MR) is 101 cm³/mol. The van der Waals surface area contributed by atoms with E-state index in [9.17, 15) is 9.18 Å². The van der Waals surface area contributed by atoms with Crippen LogP contribution in [0.15, 0.2) is 45.6 Å². The Morgan fingerprint density at radius 2 is 1.96 bits per heavy atom. The summed E-state index contributed by atoms with van der Waals surface area (Å²) in [7, 11) is 1.54. The maximum atomic E-state index is 13.7. The van der Waals surface area contributed by atoms with Gasteiger partial charge in [-0.3, -0.25) is 0 Å². The maximum absolute atomic E-state index is 13.7. The second-order valence-electron chi connectivity index (χ2n) is 5.84. The molecule has 0 saturated carbocycles. The topological polar surface area (TPSA) is 51.5 Å². The van der Waals surface area contributed by atoms with E-state index in [1.54, 1.807) is 19.2 Å². The molecule has 136 valence electrons. The van der Waals surface area contributed by atoms with E-state index in [4.69, 9.17) is 32.4 Å². The third kappa shape index (κ3) is 3.85. The van der Waals surface area contributed by atoms with Gasteiger partial charge in [0.05, 0.1) is 12.1 Å². The lowest BCUT2D eigenvalue weighted by molar-refractivity contribution is 0.414. The number of fused-ring (bicyclic) bond motifs is 1. The fourth-order valence-corrected chi connectivity index (χ4v) is 3.27. The SMILES string of the molecule is COc1ccc2c(CN[C@@H](C)c3cc(F)c(Cl)cc3Cl)cc(=O)oc2c1. The van der Waals surface area contributed by atoms with E-state index in [2.05, 4.69) is 5.32 Å². The first kappa shape index (κ1) is 18.7. The third-order valence-electron chi connectivity index (χ3n) is 4.14. The molecule has 1 atom stereocenters. The predicted octanol–water partition coefficient (Wildman–Crippen LogP) is 5.10. The van der Waals surface area contributed by atoms with E-state index in [-0.39, 0.29) is 11.1 Å². The van der Waals surface area contributed by atoms with Crippen LogP contribution in [-0.4, -0.2) is 7.11 Å². The minimum atomic E-state index is -0.530. The molecule has 4 nitrogen and oxygen atoms in total. The lowest BCUT2D eigenvalue weighted by Gasteiger charge is -2.17. The molecule has 3 aromatic rings. The molecule has 0 aliphatic carbocycles. The van der Waals surface area contributed by atoms with Crippen LogP contribution in [0.5, 0.6) is 5.75 Å². The van der Waals surface area contributed by atoms with Crippen molar-refractivity contribution in [3.8, 4) is 5.75 Å². The summed E-state index contributed by atoms with van der Waals surface area (Å²) in [5.41, 5.74) is 1.33. The summed E-state index contributed by atoms with van der Waals surface area (Å²) < 4.78 is 24.1. The number of rotatable bonds is 5. The standard InChI is InChI=1S/C19H16Cl2FNO3/c1-10(14-7-17(22)16(21)8-15(14)20)23-9-11-5-19(24)26-18-6-12(25-2)3-4-13(11)18/h3-8,10,23H,9H2,1-2H3/t10-/m0/s1. The maximum Gasteiger partial charge on any atom is 0.336 e. The third-order valence-corrected chi connectivity index (χ3v) is 4.76. The van der Waals surface area contributed by atoms with Crippen LogP contribution in [0.3, 0.4) is 0 Å². The van der Waals surface area contributed by atoms with Gasteiger partial charge in [0.25, 0.3) is 0 Å². The highest BCUT2D eigenvalue weighted by molar-refractivity contribution is 6.35. The average molecular weight is 396 g/mol. The second kappa shape index (κ2) is 7.66. The molecule has 0 unspecified atom stereocenters. The fraction of sp³-hybridized carbons (Fsp3) is 0.211. The molecular weight excluding hydrogens is 380 g/mol. The highest BCUT2D eigenvalue weighted by atomic mass is 35.5. The van der Waals surface area contributed by atoms with Gasteiger partial charge in [0.1, 0.15) is 17.1 Å². The summed E-state index contributed by atoms with van der Waals surface area (Å²) in [6.45, 7) is 2.22. The van der Waals surface area contributed by atoms with E-state index in [1.165, 1.54) is 18.2 Å². The van der Waals surface area contributed by atoms with Gasteiger partial charge in [0, 0.05) is 35.1 Å². The van der Waals surface area contributed by atoms with Gasteiger partial charge in [-0.2, -0.15) is 0 Å². The van der Waals surface area contributed by atoms with E-state index >= 15 is 0 Å². The molecule has 1 N–H and O–H groups in total. The Bertz CT molecular complexity index is 1020. The van der Waals surface area contributed by atoms with Gasteiger partial charge in [-0.25, -0.2) is 9.18 Å². The van der Waals surface area contributed by atoms with Crippen molar-refractivity contribution in [2.24, 2.45) is 0 Å². The van der Waals surface area contributed by atoms with Gasteiger partial charge in [-0.05, 0) is 42.3 Å². The molecule has 0 fully saturated rings. The van der Waals surface area contributed by atoms with Gasteiger partial charge >= 0.3 is 5.63 Å². The van der Waals surface area contributed by atoms with Gasteiger partial charge in [0.15, 0.2) is 0 Å². The summed E-state index contributed by atoms with van der Waals surface area (Å²) in [6.07, 6.45) is 0. The Morgan fingerprint density at radius 3 is 2.69 bits per heavy atom. The smallest absolute Gasteiger partial charge is 0.336 e. The summed E-state index contributed by atoms with van der Waals surface area (Å²) in [5.74, 6) is 0.0696. The summed E-state index contributed by atoms with van der Waals surface area (Å²) in [4.78, 5) is 11.8. The second-order valence-corrected chi connectivity index (χ2v) is 6.66. The van der Waals surface area contributed by atoms with Crippen molar-refractivity contribution in [2.75, 3.05) is 7.11 Å². The molecule has 0 aliphatic rings. The molecule has 0 spiro atoms. The van der Waals surface area contributed by atoms with Crippen molar-refractivity contribution in [2.45, 2.75) is 19.5 Å². The Balaban J connectivity index is 1.88. The van der Waals surface area contributed by atoms with Crippen molar-refractivity contribution in [3.63, 3.8) is 0 Å². The molecule has 0 aliphatic heterocycles. The summed E-state index contributed by atoms with van der Waals surface area (Å²) >= 11 is 11.9. The lowest BCUT2D eigenvalue weighted by Crippen LogP contribution is -2.19. The fourth-order valence-electron chi connectivity index (χ4n) is 2.73. The van der Waals surface area contributed by atoms with Crippen LogP contribution in [0, 0.1) is 5.82 Å². The van der Waals surface area contributed by atoms with E-state index in [1.807, 2.05) is 13.0 Å². The zero-order valence-electron chi connectivity index (χ0n) is 14.1. The highest BCUT2D eigenvalue weighted by Gasteiger charge is 2.14. The Kier molecular flexibility index (Phi) is 5.51. The van der Waals surface area contributed by atoms with Crippen LogP contribution >= 0.6 is 23.2 Å². The van der Waals surface area contributed by atoms with Crippen LogP contribution in [-0.2, 0) is 6.54 Å². The number of ether oxygens (including phenoxy) is 1. The van der Waals surface area contributed by atoms with Crippen molar-refractivity contribution >= 4 is 34.2 Å². The first-order chi connectivity index (χ1) is 12.4. The molecule has 1 aromatic heterocycles. The number of nitrogens with one attached hydrogen (secondary N) is 1. The molecular formula is C19H16Cl2FNO3. The van der Waals surface area contributed by atoms with Crippen molar-refractivity contribution in [1.82, 2.24) is 5.32 Å². The summed E-state index contributed by atoms with van der Waals surface area (Å²) in [6, 6.07) is 9.15. The number of benzene rings is 2. The molecule has 0 amide bonds. The first-order valence-corrected chi connectivity index (χ1v) is 8.63. The highest BCUT2D eigenvalue weighted by Crippen LogP contribution is 2.29. The summed E-state index contributed by atoms with van der Waals surface area (Å²) in [5, 5.41) is 4.39. The van der Waals surface area contributed by atoms with Gasteiger partial charge < -0.3 is 14.5 Å². The van der Waals surface area contributed by atoms with Crippen molar-refractivity contribution in [1.29, 1.82) is 0 Å². The van der Waals surface area contributed by atoms with Gasteiger partial charge in [-0.15, -0.1) is 0 Å². The zero-order valence-corrected chi connectivity index (χ0v) is 15.6. The van der Waals surface area contributed by atoms with Gasteiger partial charge in [-0.1, -0.05) is 23.2 Å². The number of hydrogen-bond donors (Lipinski definition) is 1. The molecule has 0 bridgehead atoms. The molecule has 7 heteroatoms. The molecule has 1 heterocycles.